The maximum Gasteiger partial charge on any atom is 0.239 e. The topological polar surface area (TPSA) is 46.3 Å². The molecule has 0 heterocycles. The Morgan fingerprint density at radius 2 is 1.84 bits per heavy atom. The number of rotatable bonds is 4. The fourth-order valence-electron chi connectivity index (χ4n) is 1.61. The first-order valence-corrected chi connectivity index (χ1v) is 6.58. The van der Waals surface area contributed by atoms with Gasteiger partial charge in [0.25, 0.3) is 0 Å². The molecule has 0 fully saturated rings. The molecule has 0 saturated carbocycles. The van der Waals surface area contributed by atoms with Crippen molar-refractivity contribution in [3.63, 3.8) is 0 Å². The first-order chi connectivity index (χ1) is 8.32. The van der Waals surface area contributed by atoms with Crippen LogP contribution in [-0.4, -0.2) is 22.9 Å². The molecule has 0 unspecified atom stereocenters. The molecule has 1 aromatic rings. The lowest BCUT2D eigenvalue weighted by atomic mass is 10.1. The molecule has 1 atom stereocenters. The molecule has 0 aliphatic heterocycles. The standard InChI is InChI=1S/C13H18Cl2N2O.ClH/c1-8(2)17(13(18)9(3)16)7-10-4-5-11(14)12(15)6-10;/h4-6,8-9H,7,16H2,1-3H3;1H/t9-;/m1./s1. The highest BCUT2D eigenvalue weighted by molar-refractivity contribution is 6.42. The second-order valence-electron chi connectivity index (χ2n) is 4.60. The van der Waals surface area contributed by atoms with E-state index in [1.54, 1.807) is 24.0 Å². The maximum atomic E-state index is 12.0. The predicted molar refractivity (Wildman–Crippen MR) is 83.0 cm³/mol. The van der Waals surface area contributed by atoms with Gasteiger partial charge in [0, 0.05) is 12.6 Å². The summed E-state index contributed by atoms with van der Waals surface area (Å²) in [5.41, 5.74) is 6.58. The van der Waals surface area contributed by atoms with E-state index in [1.165, 1.54) is 0 Å². The van der Waals surface area contributed by atoms with Crippen molar-refractivity contribution in [1.29, 1.82) is 0 Å². The summed E-state index contributed by atoms with van der Waals surface area (Å²) in [6, 6.07) is 4.94. The molecule has 0 aliphatic rings. The summed E-state index contributed by atoms with van der Waals surface area (Å²) in [6.45, 7) is 6.08. The van der Waals surface area contributed by atoms with Crippen LogP contribution in [0.1, 0.15) is 26.3 Å². The number of hydrogen-bond donors (Lipinski definition) is 1. The van der Waals surface area contributed by atoms with Crippen molar-refractivity contribution in [1.82, 2.24) is 4.90 Å². The fraction of sp³-hybridized carbons (Fsp3) is 0.462. The van der Waals surface area contributed by atoms with Crippen LogP contribution in [0.4, 0.5) is 0 Å². The van der Waals surface area contributed by atoms with Gasteiger partial charge in [-0.05, 0) is 38.5 Å². The number of halogens is 3. The van der Waals surface area contributed by atoms with E-state index in [2.05, 4.69) is 0 Å². The van der Waals surface area contributed by atoms with Crippen LogP contribution in [0.25, 0.3) is 0 Å². The molecule has 0 aliphatic carbocycles. The van der Waals surface area contributed by atoms with Crippen LogP contribution < -0.4 is 5.73 Å². The number of amides is 1. The Bertz CT molecular complexity index is 436. The summed E-state index contributed by atoms with van der Waals surface area (Å²) in [4.78, 5) is 13.7. The van der Waals surface area contributed by atoms with Gasteiger partial charge in [0.05, 0.1) is 16.1 Å². The fourth-order valence-corrected chi connectivity index (χ4v) is 1.93. The summed E-state index contributed by atoms with van der Waals surface area (Å²) in [7, 11) is 0. The summed E-state index contributed by atoms with van der Waals surface area (Å²) < 4.78 is 0. The van der Waals surface area contributed by atoms with Crippen LogP contribution in [0.15, 0.2) is 18.2 Å². The molecule has 108 valence electrons. The molecule has 0 spiro atoms. The first kappa shape index (κ1) is 18.5. The van der Waals surface area contributed by atoms with Crippen LogP contribution in [0.3, 0.4) is 0 Å². The molecule has 19 heavy (non-hydrogen) atoms. The molecule has 0 aromatic heterocycles. The molecule has 1 rings (SSSR count). The van der Waals surface area contributed by atoms with Gasteiger partial charge in [0.15, 0.2) is 0 Å². The minimum atomic E-state index is -0.504. The van der Waals surface area contributed by atoms with Crippen LogP contribution in [-0.2, 0) is 11.3 Å². The van der Waals surface area contributed by atoms with Gasteiger partial charge in [0.2, 0.25) is 5.91 Å². The number of nitrogens with two attached hydrogens (primary N) is 1. The van der Waals surface area contributed by atoms with Gasteiger partial charge >= 0.3 is 0 Å². The van der Waals surface area contributed by atoms with E-state index in [-0.39, 0.29) is 24.4 Å². The molecule has 6 heteroatoms. The van der Waals surface area contributed by atoms with Crippen LogP contribution in [0, 0.1) is 0 Å². The van der Waals surface area contributed by atoms with Crippen molar-refractivity contribution in [3.8, 4) is 0 Å². The average molecular weight is 326 g/mol. The molecule has 1 aromatic carbocycles. The van der Waals surface area contributed by atoms with Gasteiger partial charge in [-0.25, -0.2) is 0 Å². The predicted octanol–water partition coefficient (Wildman–Crippen LogP) is 3.50. The number of hydrogen-bond acceptors (Lipinski definition) is 2. The zero-order valence-electron chi connectivity index (χ0n) is 11.2. The SMILES string of the molecule is CC(C)N(Cc1ccc(Cl)c(Cl)c1)C(=O)[C@@H](C)N.Cl. The Morgan fingerprint density at radius 3 is 2.26 bits per heavy atom. The maximum absolute atomic E-state index is 12.0. The van der Waals surface area contributed by atoms with Gasteiger partial charge < -0.3 is 10.6 Å². The van der Waals surface area contributed by atoms with E-state index in [1.807, 2.05) is 19.9 Å². The van der Waals surface area contributed by atoms with Crippen LogP contribution >= 0.6 is 35.6 Å². The van der Waals surface area contributed by atoms with Gasteiger partial charge in [0.1, 0.15) is 0 Å². The van der Waals surface area contributed by atoms with E-state index in [9.17, 15) is 4.79 Å². The monoisotopic (exact) mass is 324 g/mol. The average Bonchev–Trinajstić information content (AvgIpc) is 2.29. The third-order valence-corrected chi connectivity index (χ3v) is 3.37. The summed E-state index contributed by atoms with van der Waals surface area (Å²) >= 11 is 11.8. The van der Waals surface area contributed by atoms with Gasteiger partial charge in [-0.15, -0.1) is 12.4 Å². The van der Waals surface area contributed by atoms with Gasteiger partial charge in [-0.1, -0.05) is 29.3 Å². The Kier molecular flexibility index (Phi) is 7.75. The van der Waals surface area contributed by atoms with E-state index < -0.39 is 6.04 Å². The highest BCUT2D eigenvalue weighted by Crippen LogP contribution is 2.23. The highest BCUT2D eigenvalue weighted by Gasteiger charge is 2.20. The Balaban J connectivity index is 0.00000324. The minimum Gasteiger partial charge on any atom is -0.335 e. The summed E-state index contributed by atoms with van der Waals surface area (Å²) in [5.74, 6) is -0.0731. The third-order valence-electron chi connectivity index (χ3n) is 2.63. The summed E-state index contributed by atoms with van der Waals surface area (Å²) in [5, 5.41) is 1.00. The molecule has 1 amide bonds. The third kappa shape index (κ3) is 5.19. The molecule has 0 bridgehead atoms. The van der Waals surface area contributed by atoms with E-state index in [0.29, 0.717) is 16.6 Å². The highest BCUT2D eigenvalue weighted by atomic mass is 35.5. The van der Waals surface area contributed by atoms with Crippen molar-refractivity contribution in [2.75, 3.05) is 0 Å². The smallest absolute Gasteiger partial charge is 0.239 e. The van der Waals surface area contributed by atoms with Gasteiger partial charge in [-0.2, -0.15) is 0 Å². The van der Waals surface area contributed by atoms with Crippen LogP contribution in [0.5, 0.6) is 0 Å². The normalized spacial score (nSPS) is 11.9. The lowest BCUT2D eigenvalue weighted by Crippen LogP contribution is -2.45. The Labute approximate surface area is 130 Å². The molecular formula is C13H19Cl3N2O. The lowest BCUT2D eigenvalue weighted by Gasteiger charge is -2.28. The quantitative estimate of drug-likeness (QED) is 0.921. The molecular weight excluding hydrogens is 307 g/mol. The largest absolute Gasteiger partial charge is 0.335 e. The second kappa shape index (κ2) is 7.95. The first-order valence-electron chi connectivity index (χ1n) is 5.83. The van der Waals surface area contributed by atoms with E-state index >= 15 is 0 Å². The minimum absolute atomic E-state index is 0. The van der Waals surface area contributed by atoms with E-state index in [0.717, 1.165) is 5.56 Å². The van der Waals surface area contributed by atoms with Crippen LogP contribution in [0.2, 0.25) is 10.0 Å². The zero-order valence-corrected chi connectivity index (χ0v) is 13.5. The molecule has 3 nitrogen and oxygen atoms in total. The van der Waals surface area contributed by atoms with Crippen molar-refractivity contribution in [3.05, 3.63) is 33.8 Å². The molecule has 0 saturated heterocycles. The van der Waals surface area contributed by atoms with Gasteiger partial charge in [-0.3, -0.25) is 4.79 Å². The van der Waals surface area contributed by atoms with Crippen molar-refractivity contribution < 1.29 is 4.79 Å². The number of benzene rings is 1. The lowest BCUT2D eigenvalue weighted by molar-refractivity contribution is -0.134. The second-order valence-corrected chi connectivity index (χ2v) is 5.41. The molecule has 0 radical (unpaired) electrons. The number of carbonyl (C=O) groups excluding carboxylic acids is 1. The molecule has 2 N–H and O–H groups in total. The van der Waals surface area contributed by atoms with E-state index in [4.69, 9.17) is 28.9 Å². The number of nitrogens with zero attached hydrogens (tertiary/aromatic N) is 1. The Hall–Kier alpha value is -0.480. The Morgan fingerprint density at radius 1 is 1.26 bits per heavy atom. The zero-order chi connectivity index (χ0) is 13.9. The van der Waals surface area contributed by atoms with Crippen molar-refractivity contribution >= 4 is 41.5 Å². The number of carbonyl (C=O) groups is 1. The summed E-state index contributed by atoms with van der Waals surface area (Å²) in [6.07, 6.45) is 0. The van der Waals surface area contributed by atoms with Crippen molar-refractivity contribution in [2.45, 2.75) is 39.4 Å². The van der Waals surface area contributed by atoms with Crippen molar-refractivity contribution in [2.24, 2.45) is 5.73 Å².